The normalized spacial score (nSPS) is 15.5. The van der Waals surface area contributed by atoms with E-state index in [4.69, 9.17) is 9.26 Å². The van der Waals surface area contributed by atoms with Crippen molar-refractivity contribution in [1.29, 1.82) is 0 Å². The molecule has 140 valence electrons. The fourth-order valence-electron chi connectivity index (χ4n) is 3.06. The Balaban J connectivity index is 1.49. The van der Waals surface area contributed by atoms with Crippen LogP contribution in [0.15, 0.2) is 59.4 Å². The first-order valence-corrected chi connectivity index (χ1v) is 8.92. The molecular formula is C19H21N5O3. The summed E-state index contributed by atoms with van der Waals surface area (Å²) in [5, 5.41) is 11.3. The van der Waals surface area contributed by atoms with E-state index >= 15 is 0 Å². The van der Waals surface area contributed by atoms with Gasteiger partial charge in [0.15, 0.2) is 5.82 Å². The van der Waals surface area contributed by atoms with E-state index in [-0.39, 0.29) is 17.7 Å². The third-order valence-electron chi connectivity index (χ3n) is 4.49. The molecule has 3 heterocycles. The number of carbonyl (C=O) groups excluding carboxylic acids is 1. The average Bonchev–Trinajstić information content (AvgIpc) is 3.41. The highest BCUT2D eigenvalue weighted by Gasteiger charge is 2.22. The van der Waals surface area contributed by atoms with Gasteiger partial charge in [0.05, 0.1) is 25.8 Å². The van der Waals surface area contributed by atoms with Crippen LogP contribution in [-0.4, -0.2) is 47.1 Å². The standard InChI is InChI=1S/C19H21N5O3/c25-19(17-13-18(22-27-17)23-9-11-26-12-10-23)21-16(14-24-8-4-7-20-24)15-5-2-1-3-6-15/h1-8,13,16H,9-12,14H2,(H,21,25). The van der Waals surface area contributed by atoms with Crippen molar-refractivity contribution in [2.24, 2.45) is 0 Å². The van der Waals surface area contributed by atoms with Gasteiger partial charge in [-0.05, 0) is 11.6 Å². The lowest BCUT2D eigenvalue weighted by Gasteiger charge is -2.25. The molecule has 1 aliphatic heterocycles. The molecule has 1 unspecified atom stereocenters. The second-order valence-corrected chi connectivity index (χ2v) is 6.31. The molecule has 1 N–H and O–H groups in total. The monoisotopic (exact) mass is 367 g/mol. The molecule has 4 rings (SSSR count). The number of morpholine rings is 1. The number of aromatic nitrogens is 3. The fraction of sp³-hybridized carbons (Fsp3) is 0.316. The van der Waals surface area contributed by atoms with Crippen LogP contribution in [0.4, 0.5) is 5.82 Å². The minimum absolute atomic E-state index is 0.192. The van der Waals surface area contributed by atoms with E-state index in [1.54, 1.807) is 16.9 Å². The van der Waals surface area contributed by atoms with Gasteiger partial charge in [0.2, 0.25) is 5.76 Å². The Hall–Kier alpha value is -3.13. The minimum Gasteiger partial charge on any atom is -0.378 e. The molecule has 0 spiro atoms. The topological polar surface area (TPSA) is 85.4 Å². The molecule has 2 aromatic heterocycles. The lowest BCUT2D eigenvalue weighted by molar-refractivity contribution is 0.0894. The van der Waals surface area contributed by atoms with E-state index in [0.29, 0.717) is 25.6 Å². The number of ether oxygens (including phenoxy) is 1. The summed E-state index contributed by atoms with van der Waals surface area (Å²) in [5.74, 6) is 0.549. The maximum Gasteiger partial charge on any atom is 0.290 e. The van der Waals surface area contributed by atoms with Gasteiger partial charge < -0.3 is 19.5 Å². The number of anilines is 1. The first-order chi connectivity index (χ1) is 13.3. The van der Waals surface area contributed by atoms with Gasteiger partial charge in [0, 0.05) is 31.5 Å². The molecular weight excluding hydrogens is 346 g/mol. The summed E-state index contributed by atoms with van der Waals surface area (Å²) >= 11 is 0. The molecule has 0 radical (unpaired) electrons. The molecule has 1 amide bonds. The zero-order valence-electron chi connectivity index (χ0n) is 14.8. The van der Waals surface area contributed by atoms with Crippen molar-refractivity contribution in [2.75, 3.05) is 31.2 Å². The summed E-state index contributed by atoms with van der Waals surface area (Å²) in [4.78, 5) is 14.8. The van der Waals surface area contributed by atoms with Gasteiger partial charge in [-0.25, -0.2) is 0 Å². The van der Waals surface area contributed by atoms with Crippen molar-refractivity contribution in [2.45, 2.75) is 12.6 Å². The first kappa shape index (κ1) is 17.3. The third-order valence-corrected chi connectivity index (χ3v) is 4.49. The number of rotatable bonds is 6. The Morgan fingerprint density at radius 3 is 2.74 bits per heavy atom. The van der Waals surface area contributed by atoms with Crippen LogP contribution in [0.3, 0.4) is 0 Å². The van der Waals surface area contributed by atoms with Crippen molar-refractivity contribution in [1.82, 2.24) is 20.3 Å². The second-order valence-electron chi connectivity index (χ2n) is 6.31. The van der Waals surface area contributed by atoms with E-state index < -0.39 is 0 Å². The van der Waals surface area contributed by atoms with Gasteiger partial charge in [0.1, 0.15) is 0 Å². The molecule has 1 saturated heterocycles. The van der Waals surface area contributed by atoms with E-state index in [0.717, 1.165) is 18.7 Å². The Kier molecular flexibility index (Phi) is 5.15. The number of carbonyl (C=O) groups is 1. The van der Waals surface area contributed by atoms with Crippen LogP contribution in [-0.2, 0) is 11.3 Å². The van der Waals surface area contributed by atoms with E-state index in [1.165, 1.54) is 0 Å². The van der Waals surface area contributed by atoms with Crippen LogP contribution in [0.25, 0.3) is 0 Å². The summed E-state index contributed by atoms with van der Waals surface area (Å²) in [6.45, 7) is 3.29. The van der Waals surface area contributed by atoms with Crippen LogP contribution in [0.1, 0.15) is 22.2 Å². The Morgan fingerprint density at radius 1 is 1.19 bits per heavy atom. The molecule has 0 bridgehead atoms. The van der Waals surface area contributed by atoms with Crippen LogP contribution >= 0.6 is 0 Å². The minimum atomic E-state index is -0.303. The molecule has 27 heavy (non-hydrogen) atoms. The van der Waals surface area contributed by atoms with Crippen molar-refractivity contribution in [3.8, 4) is 0 Å². The maximum absolute atomic E-state index is 12.7. The third kappa shape index (κ3) is 4.17. The van der Waals surface area contributed by atoms with Gasteiger partial charge in [-0.3, -0.25) is 9.48 Å². The van der Waals surface area contributed by atoms with Crippen LogP contribution < -0.4 is 10.2 Å². The fourth-order valence-corrected chi connectivity index (χ4v) is 3.06. The number of nitrogens with zero attached hydrogens (tertiary/aromatic N) is 4. The van der Waals surface area contributed by atoms with Crippen LogP contribution in [0, 0.1) is 0 Å². The van der Waals surface area contributed by atoms with Gasteiger partial charge in [-0.15, -0.1) is 0 Å². The highest BCUT2D eigenvalue weighted by molar-refractivity contribution is 5.92. The molecule has 8 heteroatoms. The van der Waals surface area contributed by atoms with E-state index in [1.807, 2.05) is 47.5 Å². The Morgan fingerprint density at radius 2 is 2.00 bits per heavy atom. The highest BCUT2D eigenvalue weighted by Crippen LogP contribution is 2.19. The predicted octanol–water partition coefficient (Wildman–Crippen LogP) is 1.88. The molecule has 1 atom stereocenters. The quantitative estimate of drug-likeness (QED) is 0.716. The number of hydrogen-bond acceptors (Lipinski definition) is 6. The number of hydrogen-bond donors (Lipinski definition) is 1. The largest absolute Gasteiger partial charge is 0.378 e. The number of benzene rings is 1. The van der Waals surface area contributed by atoms with Crippen molar-refractivity contribution in [3.05, 3.63) is 66.2 Å². The summed E-state index contributed by atoms with van der Waals surface area (Å²) < 4.78 is 12.4. The van der Waals surface area contributed by atoms with Gasteiger partial charge in [0.25, 0.3) is 5.91 Å². The first-order valence-electron chi connectivity index (χ1n) is 8.92. The number of amides is 1. The molecule has 0 aliphatic carbocycles. The Bertz CT molecular complexity index is 857. The molecule has 3 aromatic rings. The smallest absolute Gasteiger partial charge is 0.290 e. The maximum atomic E-state index is 12.7. The van der Waals surface area contributed by atoms with E-state index in [2.05, 4.69) is 15.6 Å². The highest BCUT2D eigenvalue weighted by atomic mass is 16.5. The van der Waals surface area contributed by atoms with Crippen LogP contribution in [0.2, 0.25) is 0 Å². The van der Waals surface area contributed by atoms with Crippen molar-refractivity contribution < 1.29 is 14.1 Å². The van der Waals surface area contributed by atoms with Gasteiger partial charge >= 0.3 is 0 Å². The lowest BCUT2D eigenvalue weighted by Crippen LogP contribution is -2.36. The number of nitrogens with one attached hydrogen (secondary N) is 1. The Labute approximate surface area is 156 Å². The summed E-state index contributed by atoms with van der Waals surface area (Å²) in [7, 11) is 0. The van der Waals surface area contributed by atoms with Gasteiger partial charge in [-0.2, -0.15) is 5.10 Å². The van der Waals surface area contributed by atoms with Crippen molar-refractivity contribution >= 4 is 11.7 Å². The zero-order chi connectivity index (χ0) is 18.5. The lowest BCUT2D eigenvalue weighted by atomic mass is 10.1. The van der Waals surface area contributed by atoms with E-state index in [9.17, 15) is 4.79 Å². The zero-order valence-corrected chi connectivity index (χ0v) is 14.8. The molecule has 1 fully saturated rings. The molecule has 1 aliphatic rings. The molecule has 1 aromatic carbocycles. The second kappa shape index (κ2) is 8.05. The SMILES string of the molecule is O=C(NC(Cn1cccn1)c1ccccc1)c1cc(N2CCOCC2)no1. The summed E-state index contributed by atoms with van der Waals surface area (Å²) in [6, 6.07) is 13.1. The van der Waals surface area contributed by atoms with Crippen LogP contribution in [0.5, 0.6) is 0 Å². The predicted molar refractivity (Wildman–Crippen MR) is 98.4 cm³/mol. The van der Waals surface area contributed by atoms with Crippen molar-refractivity contribution in [3.63, 3.8) is 0 Å². The summed E-state index contributed by atoms with van der Waals surface area (Å²) in [6.07, 6.45) is 3.59. The molecule has 0 saturated carbocycles. The average molecular weight is 367 g/mol. The summed E-state index contributed by atoms with van der Waals surface area (Å²) in [5.41, 5.74) is 0.995. The molecule has 8 nitrogen and oxygen atoms in total. The van der Waals surface area contributed by atoms with Gasteiger partial charge in [-0.1, -0.05) is 35.5 Å².